The Balaban J connectivity index is 0.00000338. The van der Waals surface area contributed by atoms with E-state index in [0.29, 0.717) is 25.7 Å². The van der Waals surface area contributed by atoms with Crippen molar-refractivity contribution in [3.05, 3.63) is 29.8 Å². The van der Waals surface area contributed by atoms with Crippen LogP contribution in [-0.2, 0) is 21.0 Å². The van der Waals surface area contributed by atoms with Gasteiger partial charge in [0, 0.05) is 13.1 Å². The topological polar surface area (TPSA) is 92.5 Å². The highest BCUT2D eigenvalue weighted by atomic mass is 35.5. The van der Waals surface area contributed by atoms with Crippen molar-refractivity contribution in [1.82, 2.24) is 9.62 Å². The second-order valence-electron chi connectivity index (χ2n) is 6.43. The van der Waals surface area contributed by atoms with Gasteiger partial charge in [0.05, 0.1) is 17.0 Å². The first kappa shape index (κ1) is 22.7. The lowest BCUT2D eigenvalue weighted by molar-refractivity contribution is -0.137. The number of likely N-dealkylation sites (tertiary alicyclic amines) is 1. The molecule has 1 atom stereocenters. The van der Waals surface area contributed by atoms with Crippen LogP contribution in [0.3, 0.4) is 0 Å². The number of halogens is 4. The average Bonchev–Trinajstić information content (AvgIpc) is 2.95. The molecule has 1 unspecified atom stereocenters. The van der Waals surface area contributed by atoms with Crippen molar-refractivity contribution < 1.29 is 26.4 Å². The van der Waals surface area contributed by atoms with Crippen molar-refractivity contribution in [3.63, 3.8) is 0 Å². The molecule has 0 aliphatic carbocycles. The minimum Gasteiger partial charge on any atom is -0.341 e. The van der Waals surface area contributed by atoms with Crippen LogP contribution in [0.1, 0.15) is 18.9 Å². The molecule has 3 N–H and O–H groups in total. The molecule has 1 heterocycles. The molecule has 1 fully saturated rings. The Kier molecular flexibility index (Phi) is 7.08. The van der Waals surface area contributed by atoms with Gasteiger partial charge in [0.2, 0.25) is 15.9 Å². The van der Waals surface area contributed by atoms with Crippen molar-refractivity contribution in [2.45, 2.75) is 24.4 Å². The maximum Gasteiger partial charge on any atom is 0.416 e. The summed E-state index contributed by atoms with van der Waals surface area (Å²) in [5.41, 5.74) is 4.39. The van der Waals surface area contributed by atoms with E-state index < -0.39 is 39.1 Å². The van der Waals surface area contributed by atoms with E-state index in [1.54, 1.807) is 0 Å². The molecule has 0 saturated carbocycles. The van der Waals surface area contributed by atoms with Gasteiger partial charge in [-0.3, -0.25) is 4.79 Å². The fourth-order valence-corrected chi connectivity index (χ4v) is 3.61. The maximum atomic E-state index is 12.7. The van der Waals surface area contributed by atoms with Gasteiger partial charge in [0.15, 0.2) is 0 Å². The maximum absolute atomic E-state index is 12.7. The number of hydrogen-bond donors (Lipinski definition) is 2. The Hall–Kier alpha value is -1.36. The van der Waals surface area contributed by atoms with Crippen LogP contribution in [0.5, 0.6) is 0 Å². The summed E-state index contributed by atoms with van der Waals surface area (Å²) in [5, 5.41) is 0. The highest BCUT2D eigenvalue weighted by Crippen LogP contribution is 2.30. The lowest BCUT2D eigenvalue weighted by atomic mass is 9.90. The van der Waals surface area contributed by atoms with Gasteiger partial charge in [0.25, 0.3) is 0 Å². The molecule has 0 bridgehead atoms. The van der Waals surface area contributed by atoms with Crippen molar-refractivity contribution in [3.8, 4) is 0 Å². The fourth-order valence-electron chi connectivity index (χ4n) is 2.59. The Bertz CT molecular complexity index is 758. The predicted octanol–water partition coefficient (Wildman–Crippen LogP) is 1.60. The summed E-state index contributed by atoms with van der Waals surface area (Å²) in [6.07, 6.45) is -3.93. The van der Waals surface area contributed by atoms with Gasteiger partial charge in [0.1, 0.15) is 0 Å². The molecule has 1 aromatic carbocycles. The molecule has 2 rings (SSSR count). The van der Waals surface area contributed by atoms with Crippen molar-refractivity contribution >= 4 is 28.3 Å². The third kappa shape index (κ3) is 5.32. The highest BCUT2D eigenvalue weighted by Gasteiger charge is 2.35. The summed E-state index contributed by atoms with van der Waals surface area (Å²) in [6, 6.07) is 3.37. The zero-order valence-corrected chi connectivity index (χ0v) is 15.7. The zero-order valence-electron chi connectivity index (χ0n) is 14.0. The molecule has 148 valence electrons. The average molecular weight is 416 g/mol. The van der Waals surface area contributed by atoms with E-state index in [1.807, 2.05) is 6.92 Å². The molecule has 0 aromatic heterocycles. The summed E-state index contributed by atoms with van der Waals surface area (Å²) < 4.78 is 64.4. The van der Waals surface area contributed by atoms with Crippen LogP contribution in [0.2, 0.25) is 0 Å². The molecule has 0 radical (unpaired) electrons. The molecular formula is C15H21ClF3N3O3S. The van der Waals surface area contributed by atoms with E-state index >= 15 is 0 Å². The summed E-state index contributed by atoms with van der Waals surface area (Å²) in [6.45, 7) is 2.73. The SMILES string of the molecule is CC1(CN)CCN(C(=O)CNS(=O)(=O)c2cccc(C(F)(F)F)c2)C1.Cl. The molecule has 1 aromatic rings. The number of nitrogens with zero attached hydrogens (tertiary/aromatic N) is 1. The first-order chi connectivity index (χ1) is 11.5. The number of amides is 1. The number of alkyl halides is 3. The van der Waals surface area contributed by atoms with Gasteiger partial charge in [-0.25, -0.2) is 13.1 Å². The van der Waals surface area contributed by atoms with Gasteiger partial charge >= 0.3 is 6.18 Å². The Morgan fingerprint density at radius 1 is 1.38 bits per heavy atom. The minimum absolute atomic E-state index is 0. The Labute approximate surface area is 156 Å². The molecular weight excluding hydrogens is 395 g/mol. The van der Waals surface area contributed by atoms with Crippen molar-refractivity contribution in [1.29, 1.82) is 0 Å². The van der Waals surface area contributed by atoms with E-state index in [2.05, 4.69) is 4.72 Å². The van der Waals surface area contributed by atoms with Crippen LogP contribution < -0.4 is 10.5 Å². The molecule has 11 heteroatoms. The van der Waals surface area contributed by atoms with Crippen LogP contribution in [0.4, 0.5) is 13.2 Å². The predicted molar refractivity (Wildman–Crippen MR) is 92.2 cm³/mol. The molecule has 1 amide bonds. The molecule has 1 saturated heterocycles. The number of sulfonamides is 1. The molecule has 1 aliphatic heterocycles. The van der Waals surface area contributed by atoms with E-state index in [1.165, 1.54) is 4.90 Å². The third-order valence-corrected chi connectivity index (χ3v) is 5.69. The van der Waals surface area contributed by atoms with E-state index in [-0.39, 0.29) is 17.8 Å². The summed E-state index contributed by atoms with van der Waals surface area (Å²) in [7, 11) is -4.22. The molecule has 0 spiro atoms. The first-order valence-electron chi connectivity index (χ1n) is 7.62. The van der Waals surface area contributed by atoms with Crippen LogP contribution >= 0.6 is 12.4 Å². The highest BCUT2D eigenvalue weighted by molar-refractivity contribution is 7.89. The van der Waals surface area contributed by atoms with Crippen molar-refractivity contribution in [2.75, 3.05) is 26.2 Å². The zero-order chi connectivity index (χ0) is 18.9. The lowest BCUT2D eigenvalue weighted by Gasteiger charge is -2.22. The van der Waals surface area contributed by atoms with Crippen LogP contribution in [0.15, 0.2) is 29.2 Å². The van der Waals surface area contributed by atoms with Gasteiger partial charge in [-0.1, -0.05) is 13.0 Å². The van der Waals surface area contributed by atoms with Crippen molar-refractivity contribution in [2.24, 2.45) is 11.1 Å². The normalized spacial score (nSPS) is 20.7. The largest absolute Gasteiger partial charge is 0.416 e. The molecule has 6 nitrogen and oxygen atoms in total. The Morgan fingerprint density at radius 2 is 2.04 bits per heavy atom. The van der Waals surface area contributed by atoms with Crippen LogP contribution in [-0.4, -0.2) is 45.4 Å². The summed E-state index contributed by atoms with van der Waals surface area (Å²) >= 11 is 0. The van der Waals surface area contributed by atoms with Gasteiger partial charge < -0.3 is 10.6 Å². The lowest BCUT2D eigenvalue weighted by Crippen LogP contribution is -2.40. The number of nitrogens with one attached hydrogen (secondary N) is 1. The smallest absolute Gasteiger partial charge is 0.341 e. The summed E-state index contributed by atoms with van der Waals surface area (Å²) in [5.74, 6) is -0.437. The van der Waals surface area contributed by atoms with Crippen LogP contribution in [0.25, 0.3) is 0 Å². The second-order valence-corrected chi connectivity index (χ2v) is 8.20. The number of benzene rings is 1. The van der Waals surface area contributed by atoms with Gasteiger partial charge in [-0.15, -0.1) is 12.4 Å². The van der Waals surface area contributed by atoms with E-state index in [9.17, 15) is 26.4 Å². The second kappa shape index (κ2) is 8.12. The van der Waals surface area contributed by atoms with Crippen LogP contribution in [0, 0.1) is 5.41 Å². The van der Waals surface area contributed by atoms with E-state index in [4.69, 9.17) is 5.73 Å². The number of carbonyl (C=O) groups excluding carboxylic acids is 1. The number of hydrogen-bond acceptors (Lipinski definition) is 4. The molecule has 26 heavy (non-hydrogen) atoms. The van der Waals surface area contributed by atoms with E-state index in [0.717, 1.165) is 24.6 Å². The summed E-state index contributed by atoms with van der Waals surface area (Å²) in [4.78, 5) is 13.1. The number of carbonyl (C=O) groups is 1. The van der Waals surface area contributed by atoms with Gasteiger partial charge in [-0.05, 0) is 36.6 Å². The quantitative estimate of drug-likeness (QED) is 0.764. The van der Waals surface area contributed by atoms with Gasteiger partial charge in [-0.2, -0.15) is 13.2 Å². The monoisotopic (exact) mass is 415 g/mol. The Morgan fingerprint density at radius 3 is 2.58 bits per heavy atom. The number of nitrogens with two attached hydrogens (primary N) is 1. The fraction of sp³-hybridized carbons (Fsp3) is 0.533. The standard InChI is InChI=1S/C15H20F3N3O3S.ClH/c1-14(9-19)5-6-21(10-14)13(22)8-20-25(23,24)12-4-2-3-11(7-12)15(16,17)18;/h2-4,7,20H,5-6,8-10,19H2,1H3;1H. The third-order valence-electron chi connectivity index (χ3n) is 4.29. The minimum atomic E-state index is -4.65. The molecule has 1 aliphatic rings. The first-order valence-corrected chi connectivity index (χ1v) is 9.10. The number of rotatable bonds is 5.